The zero-order valence-corrected chi connectivity index (χ0v) is 15.0. The molecule has 0 spiro atoms. The lowest BCUT2D eigenvalue weighted by Gasteiger charge is -2.05. The normalized spacial score (nSPS) is 10.9. The number of methoxy groups -OCH3 is 2. The maximum atomic E-state index is 12.2. The van der Waals surface area contributed by atoms with Crippen LogP contribution >= 0.6 is 0 Å². The molecule has 0 aliphatic heterocycles. The summed E-state index contributed by atoms with van der Waals surface area (Å²) in [6.07, 6.45) is 1.10. The van der Waals surface area contributed by atoms with Crippen molar-refractivity contribution in [1.29, 1.82) is 0 Å². The summed E-state index contributed by atoms with van der Waals surface area (Å²) >= 11 is 0. The zero-order chi connectivity index (χ0) is 20.3. The molecule has 1 heterocycles. The lowest BCUT2D eigenvalue weighted by molar-refractivity contribution is 0.0599. The first kappa shape index (κ1) is 18.8. The number of rotatable bonds is 4. The number of aliphatic imine (C=N–C) groups is 1. The van der Waals surface area contributed by atoms with Gasteiger partial charge in [0.05, 0.1) is 36.4 Å². The highest BCUT2D eigenvalue weighted by molar-refractivity contribution is 5.98. The Bertz CT molecular complexity index is 1130. The van der Waals surface area contributed by atoms with Crippen LogP contribution in [0.4, 0.5) is 5.69 Å². The smallest absolute Gasteiger partial charge is 0.348 e. The van der Waals surface area contributed by atoms with E-state index >= 15 is 0 Å². The number of aromatic hydroxyl groups is 1. The number of benzene rings is 2. The Labute approximate surface area is 158 Å². The minimum atomic E-state index is -0.780. The highest BCUT2D eigenvalue weighted by Gasteiger charge is 2.15. The molecular formula is C20H15NO7. The lowest BCUT2D eigenvalue weighted by atomic mass is 10.1. The van der Waals surface area contributed by atoms with Gasteiger partial charge in [0.2, 0.25) is 0 Å². The summed E-state index contributed by atoms with van der Waals surface area (Å²) in [5, 5.41) is 10.7. The van der Waals surface area contributed by atoms with E-state index in [0.717, 1.165) is 6.21 Å². The molecule has 2 aromatic carbocycles. The van der Waals surface area contributed by atoms with Crippen molar-refractivity contribution in [3.8, 4) is 5.75 Å². The molecule has 0 radical (unpaired) electrons. The molecule has 0 unspecified atom stereocenters. The summed E-state index contributed by atoms with van der Waals surface area (Å²) in [7, 11) is 2.41. The van der Waals surface area contributed by atoms with Crippen LogP contribution in [0.5, 0.6) is 5.75 Å². The standard InChI is InChI=1S/C20H15NO7/c1-26-18(23)11-7-12(19(24)27-2)9-13(8-11)21-10-15-17(22)14-5-3-4-6-16(14)28-20(15)25/h3-10,22H,1-2H3. The van der Waals surface area contributed by atoms with Crippen molar-refractivity contribution in [2.24, 2.45) is 4.99 Å². The molecule has 3 rings (SSSR count). The average Bonchev–Trinajstić information content (AvgIpc) is 2.72. The summed E-state index contributed by atoms with van der Waals surface area (Å²) in [4.78, 5) is 39.9. The van der Waals surface area contributed by atoms with Gasteiger partial charge in [0.1, 0.15) is 16.9 Å². The van der Waals surface area contributed by atoms with Gasteiger partial charge < -0.3 is 19.0 Å². The summed E-state index contributed by atoms with van der Waals surface area (Å²) < 4.78 is 14.5. The Hall–Kier alpha value is -3.94. The van der Waals surface area contributed by atoms with Gasteiger partial charge in [0.25, 0.3) is 0 Å². The molecule has 8 heteroatoms. The van der Waals surface area contributed by atoms with Crippen molar-refractivity contribution in [3.63, 3.8) is 0 Å². The number of ether oxygens (including phenoxy) is 2. The van der Waals surface area contributed by atoms with Crippen LogP contribution in [0.3, 0.4) is 0 Å². The number of hydrogen-bond donors (Lipinski definition) is 1. The van der Waals surface area contributed by atoms with Crippen molar-refractivity contribution in [2.45, 2.75) is 0 Å². The van der Waals surface area contributed by atoms with Gasteiger partial charge in [0.15, 0.2) is 0 Å². The van der Waals surface area contributed by atoms with Crippen LogP contribution in [0.25, 0.3) is 11.0 Å². The molecule has 0 fully saturated rings. The Morgan fingerprint density at radius 1 is 1.04 bits per heavy atom. The average molecular weight is 381 g/mol. The van der Waals surface area contributed by atoms with Gasteiger partial charge >= 0.3 is 17.6 Å². The van der Waals surface area contributed by atoms with Gasteiger partial charge in [0, 0.05) is 6.21 Å². The molecule has 0 aliphatic carbocycles. The van der Waals surface area contributed by atoms with E-state index in [0.29, 0.717) is 5.39 Å². The molecule has 0 saturated carbocycles. The summed E-state index contributed by atoms with van der Waals surface area (Å²) in [6.45, 7) is 0. The number of carbonyl (C=O) groups excluding carboxylic acids is 2. The third-order valence-corrected chi connectivity index (χ3v) is 3.92. The Kier molecular flexibility index (Phi) is 5.21. The second-order valence-corrected chi connectivity index (χ2v) is 5.66. The second kappa shape index (κ2) is 7.75. The van der Waals surface area contributed by atoms with E-state index in [9.17, 15) is 19.5 Å². The molecule has 8 nitrogen and oxygen atoms in total. The SMILES string of the molecule is COC(=O)c1cc(N=Cc2c(O)c3ccccc3oc2=O)cc(C(=O)OC)c1. The van der Waals surface area contributed by atoms with Gasteiger partial charge in [-0.2, -0.15) is 0 Å². The number of esters is 2. The van der Waals surface area contributed by atoms with E-state index in [4.69, 9.17) is 4.42 Å². The molecule has 1 N–H and O–H groups in total. The van der Waals surface area contributed by atoms with E-state index in [2.05, 4.69) is 14.5 Å². The number of nitrogens with zero attached hydrogens (tertiary/aromatic N) is 1. The first-order chi connectivity index (χ1) is 13.4. The van der Waals surface area contributed by atoms with Crippen LogP contribution in [0, 0.1) is 0 Å². The third kappa shape index (κ3) is 3.61. The largest absolute Gasteiger partial charge is 0.506 e. The first-order valence-corrected chi connectivity index (χ1v) is 8.05. The highest BCUT2D eigenvalue weighted by atomic mass is 16.5. The van der Waals surface area contributed by atoms with Gasteiger partial charge in [-0.05, 0) is 30.3 Å². The van der Waals surface area contributed by atoms with Crippen LogP contribution in [0.2, 0.25) is 0 Å². The van der Waals surface area contributed by atoms with Crippen molar-refractivity contribution in [3.05, 3.63) is 69.6 Å². The fraction of sp³-hybridized carbons (Fsp3) is 0.100. The van der Waals surface area contributed by atoms with Gasteiger partial charge in [-0.3, -0.25) is 4.99 Å². The monoisotopic (exact) mass is 381 g/mol. The van der Waals surface area contributed by atoms with Crippen LogP contribution in [-0.2, 0) is 9.47 Å². The molecular weight excluding hydrogens is 366 g/mol. The molecule has 0 amide bonds. The van der Waals surface area contributed by atoms with Crippen LogP contribution < -0.4 is 5.63 Å². The second-order valence-electron chi connectivity index (χ2n) is 5.66. The topological polar surface area (TPSA) is 115 Å². The molecule has 28 heavy (non-hydrogen) atoms. The van der Waals surface area contributed by atoms with Crippen LogP contribution in [0.1, 0.15) is 26.3 Å². The number of hydrogen-bond acceptors (Lipinski definition) is 8. The Morgan fingerprint density at radius 2 is 1.64 bits per heavy atom. The molecule has 0 saturated heterocycles. The van der Waals surface area contributed by atoms with E-state index in [1.807, 2.05) is 0 Å². The minimum absolute atomic E-state index is 0.0762. The Balaban J connectivity index is 2.09. The fourth-order valence-corrected chi connectivity index (χ4v) is 2.56. The van der Waals surface area contributed by atoms with Crippen LogP contribution in [-0.4, -0.2) is 37.5 Å². The van der Waals surface area contributed by atoms with Gasteiger partial charge in [-0.1, -0.05) is 12.1 Å². The lowest BCUT2D eigenvalue weighted by Crippen LogP contribution is -2.07. The molecule has 142 valence electrons. The molecule has 1 aromatic heterocycles. The fourth-order valence-electron chi connectivity index (χ4n) is 2.56. The molecule has 0 aliphatic rings. The van der Waals surface area contributed by atoms with Crippen molar-refractivity contribution in [1.82, 2.24) is 0 Å². The van der Waals surface area contributed by atoms with E-state index in [1.165, 1.54) is 32.4 Å². The number of fused-ring (bicyclic) bond motifs is 1. The van der Waals surface area contributed by atoms with Crippen molar-refractivity contribution < 1.29 is 28.6 Å². The highest BCUT2D eigenvalue weighted by Crippen LogP contribution is 2.26. The quantitative estimate of drug-likeness (QED) is 0.420. The van der Waals surface area contributed by atoms with E-state index in [1.54, 1.807) is 24.3 Å². The predicted octanol–water partition coefficient (Wildman–Crippen LogP) is 2.82. The third-order valence-electron chi connectivity index (χ3n) is 3.92. The summed E-state index contributed by atoms with van der Waals surface area (Å²) in [6, 6.07) is 10.6. The first-order valence-electron chi connectivity index (χ1n) is 8.05. The van der Waals surface area contributed by atoms with Crippen molar-refractivity contribution in [2.75, 3.05) is 14.2 Å². The molecule has 3 aromatic rings. The van der Waals surface area contributed by atoms with E-state index in [-0.39, 0.29) is 33.7 Å². The molecule has 0 atom stereocenters. The maximum absolute atomic E-state index is 12.2. The summed E-state index contributed by atoms with van der Waals surface area (Å²) in [5.41, 5.74) is -0.378. The minimum Gasteiger partial charge on any atom is -0.506 e. The number of para-hydroxylation sites is 1. The van der Waals surface area contributed by atoms with E-state index < -0.39 is 17.6 Å². The van der Waals surface area contributed by atoms with Crippen LogP contribution in [0.15, 0.2) is 56.7 Å². The number of carbonyl (C=O) groups is 2. The Morgan fingerprint density at radius 3 is 2.25 bits per heavy atom. The van der Waals surface area contributed by atoms with Gasteiger partial charge in [-0.15, -0.1) is 0 Å². The maximum Gasteiger partial charge on any atom is 0.348 e. The summed E-state index contributed by atoms with van der Waals surface area (Å²) in [5.74, 6) is -1.63. The predicted molar refractivity (Wildman–Crippen MR) is 101 cm³/mol. The zero-order valence-electron chi connectivity index (χ0n) is 15.0. The van der Waals surface area contributed by atoms with Crippen molar-refractivity contribution >= 4 is 34.8 Å². The van der Waals surface area contributed by atoms with Gasteiger partial charge in [-0.25, -0.2) is 14.4 Å². The molecule has 0 bridgehead atoms.